The Bertz CT molecular complexity index is 1030. The first-order valence-electron chi connectivity index (χ1n) is 10.0. The number of rotatable bonds is 12. The van der Waals surface area contributed by atoms with Gasteiger partial charge < -0.3 is 26.9 Å². The molecule has 0 saturated heterocycles. The fourth-order valence-electron chi connectivity index (χ4n) is 3.05. The summed E-state index contributed by atoms with van der Waals surface area (Å²) >= 11 is 6.97. The lowest BCUT2D eigenvalue weighted by Gasteiger charge is -2.14. The first-order valence-corrected chi connectivity index (χ1v) is 15.0. The van der Waals surface area contributed by atoms with E-state index < -0.39 is 15.2 Å². The molecule has 0 aliphatic rings. The van der Waals surface area contributed by atoms with E-state index in [-0.39, 0.29) is 50.5 Å². The van der Waals surface area contributed by atoms with Crippen LogP contribution < -0.4 is 0 Å². The van der Waals surface area contributed by atoms with Crippen LogP contribution in [0.15, 0.2) is 17.8 Å². The molecule has 2 aromatic heterocycles. The van der Waals surface area contributed by atoms with E-state index in [1.54, 1.807) is 27.7 Å². The maximum Gasteiger partial charge on any atom is 0.339 e. The zero-order valence-electron chi connectivity index (χ0n) is 18.1. The zero-order chi connectivity index (χ0) is 23.5. The van der Waals surface area contributed by atoms with Crippen molar-refractivity contribution < 1.29 is 36.1 Å². The average molecular weight is 618 g/mol. The van der Waals surface area contributed by atoms with E-state index in [1.807, 2.05) is 0 Å². The van der Waals surface area contributed by atoms with Crippen molar-refractivity contribution >= 4 is 69.3 Å². The monoisotopic (exact) mass is 616 g/mol. The first-order chi connectivity index (χ1) is 15.2. The quantitative estimate of drug-likeness (QED) is 0.196. The molecule has 1 aromatic carbocycles. The molecule has 2 heterocycles. The fraction of sp³-hybridized carbons (Fsp3) is 0.556. The number of hydrogen-bond acceptors (Lipinski definition) is 10. The highest BCUT2D eigenvalue weighted by Gasteiger charge is 2.31. The van der Waals surface area contributed by atoms with E-state index >= 15 is 0 Å². The molecular weight excluding hydrogens is 594 g/mol. The Morgan fingerprint density at radius 3 is 1.28 bits per heavy atom. The fourth-order valence-corrected chi connectivity index (χ4v) is 7.15. The van der Waals surface area contributed by atoms with Crippen molar-refractivity contribution in [2.75, 3.05) is 26.4 Å². The lowest BCUT2D eigenvalue weighted by atomic mass is 10.3. The van der Waals surface area contributed by atoms with Crippen molar-refractivity contribution in [1.82, 2.24) is 9.97 Å². The third kappa shape index (κ3) is 5.55. The topological polar surface area (TPSA) is 123 Å². The molecule has 0 aliphatic heterocycles. The highest BCUT2D eigenvalue weighted by atomic mass is 79.9. The highest BCUT2D eigenvalue weighted by Crippen LogP contribution is 2.53. The summed E-state index contributed by atoms with van der Waals surface area (Å²) in [5.74, 6) is 0.383. The van der Waals surface area contributed by atoms with Crippen LogP contribution in [-0.4, -0.2) is 36.4 Å². The van der Waals surface area contributed by atoms with Crippen LogP contribution in [-0.2, 0) is 39.5 Å². The normalized spacial score (nSPS) is 12.9. The summed E-state index contributed by atoms with van der Waals surface area (Å²) in [7, 11) is -6.79. The average Bonchev–Trinajstić information content (AvgIpc) is 3.31. The maximum absolute atomic E-state index is 12.8. The predicted molar refractivity (Wildman–Crippen MR) is 126 cm³/mol. The van der Waals surface area contributed by atoms with Crippen LogP contribution in [0.5, 0.6) is 0 Å². The van der Waals surface area contributed by atoms with E-state index in [0.717, 1.165) is 0 Å². The van der Waals surface area contributed by atoms with Gasteiger partial charge in [-0.1, -0.05) is 0 Å². The molecular formula is C18H24Br2N2O8P2. The summed E-state index contributed by atoms with van der Waals surface area (Å²) in [6.07, 6.45) is -0.234. The van der Waals surface area contributed by atoms with Gasteiger partial charge in [-0.3, -0.25) is 9.13 Å². The van der Waals surface area contributed by atoms with Crippen molar-refractivity contribution in [3.05, 3.63) is 20.7 Å². The van der Waals surface area contributed by atoms with Crippen molar-refractivity contribution in [1.29, 1.82) is 0 Å². The molecule has 178 valence electrons. The van der Waals surface area contributed by atoms with Gasteiger partial charge in [-0.2, -0.15) is 0 Å². The van der Waals surface area contributed by atoms with Gasteiger partial charge in [0.05, 0.1) is 35.4 Å². The van der Waals surface area contributed by atoms with Crippen molar-refractivity contribution in [2.45, 2.75) is 40.0 Å². The van der Waals surface area contributed by atoms with Gasteiger partial charge in [0.1, 0.15) is 23.4 Å². The van der Waals surface area contributed by atoms with Crippen LogP contribution in [0.25, 0.3) is 22.2 Å². The van der Waals surface area contributed by atoms with Crippen LogP contribution in [0, 0.1) is 0 Å². The van der Waals surface area contributed by atoms with Crippen LogP contribution in [0.4, 0.5) is 0 Å². The highest BCUT2D eigenvalue weighted by molar-refractivity contribution is 9.11. The van der Waals surface area contributed by atoms with E-state index in [1.165, 1.54) is 0 Å². The molecule has 0 radical (unpaired) electrons. The third-order valence-electron chi connectivity index (χ3n) is 4.12. The number of fused-ring (bicyclic) bond motifs is 2. The van der Waals surface area contributed by atoms with Gasteiger partial charge >= 0.3 is 15.2 Å². The molecule has 0 aliphatic carbocycles. The molecule has 0 spiro atoms. The van der Waals surface area contributed by atoms with Crippen LogP contribution in [0.2, 0.25) is 0 Å². The summed E-state index contributed by atoms with van der Waals surface area (Å²) in [4.78, 5) is 8.90. The largest absolute Gasteiger partial charge is 0.439 e. The molecule has 0 amide bonds. The molecule has 32 heavy (non-hydrogen) atoms. The molecule has 0 atom stereocenters. The van der Waals surface area contributed by atoms with Gasteiger partial charge in [-0.25, -0.2) is 9.97 Å². The van der Waals surface area contributed by atoms with Crippen molar-refractivity contribution in [2.24, 2.45) is 0 Å². The lowest BCUT2D eigenvalue weighted by molar-refractivity contribution is 0.216. The van der Waals surface area contributed by atoms with E-state index in [2.05, 4.69) is 41.8 Å². The van der Waals surface area contributed by atoms with Gasteiger partial charge in [-0.05, 0) is 59.6 Å². The van der Waals surface area contributed by atoms with Crippen molar-refractivity contribution in [3.8, 4) is 0 Å². The third-order valence-corrected chi connectivity index (χ3v) is 9.51. The second kappa shape index (κ2) is 10.8. The Labute approximate surface area is 202 Å². The van der Waals surface area contributed by atoms with Crippen molar-refractivity contribution in [3.63, 3.8) is 0 Å². The van der Waals surface area contributed by atoms with E-state index in [4.69, 9.17) is 26.9 Å². The van der Waals surface area contributed by atoms with Crippen LogP contribution in [0.3, 0.4) is 0 Å². The molecule has 0 saturated carbocycles. The molecule has 0 unspecified atom stereocenters. The molecule has 3 rings (SSSR count). The number of hydrogen-bond donors (Lipinski definition) is 0. The summed E-state index contributed by atoms with van der Waals surface area (Å²) in [5.41, 5.74) is 1.66. The Morgan fingerprint density at radius 2 is 1.00 bits per heavy atom. The van der Waals surface area contributed by atoms with Gasteiger partial charge in [0.2, 0.25) is 11.8 Å². The first kappa shape index (κ1) is 26.0. The molecule has 3 aromatic rings. The zero-order valence-corrected chi connectivity index (χ0v) is 23.0. The lowest BCUT2D eigenvalue weighted by Crippen LogP contribution is -1.99. The summed E-state index contributed by atoms with van der Waals surface area (Å²) in [5, 5.41) is 0. The maximum atomic E-state index is 12.8. The minimum atomic E-state index is -3.39. The Morgan fingerprint density at radius 1 is 0.688 bits per heavy atom. The number of nitrogens with zero attached hydrogens (tertiary/aromatic N) is 2. The molecule has 0 bridgehead atoms. The van der Waals surface area contributed by atoms with Gasteiger partial charge in [0.25, 0.3) is 0 Å². The Kier molecular flexibility index (Phi) is 8.77. The van der Waals surface area contributed by atoms with Gasteiger partial charge in [0.15, 0.2) is 11.2 Å². The minimum Gasteiger partial charge on any atom is -0.439 e. The standard InChI is InChI=1S/C18H24Br2N2O8P2/c1-5-25-31(23,26-6-2)9-11-21-15-13(19)18-16(14(20)17(15)29-11)22-12(30-18)10-32(24,27-7-3)28-8-4/h5-10H2,1-4H3. The predicted octanol–water partition coefficient (Wildman–Crippen LogP) is 7.03. The van der Waals surface area contributed by atoms with E-state index in [9.17, 15) is 9.13 Å². The van der Waals surface area contributed by atoms with E-state index in [0.29, 0.717) is 31.1 Å². The summed E-state index contributed by atoms with van der Waals surface area (Å²) in [6.45, 7) is 7.87. The Hall–Kier alpha value is -0.580. The number of aromatic nitrogens is 2. The van der Waals surface area contributed by atoms with Crippen LogP contribution >= 0.6 is 47.1 Å². The van der Waals surface area contributed by atoms with Gasteiger partial charge in [-0.15, -0.1) is 0 Å². The SMILES string of the molecule is CCOP(=O)(Cc1nc2c(Br)c3oc(CP(=O)(OCC)OCC)nc3c(Br)c2o1)OCC. The molecule has 14 heteroatoms. The second-order valence-electron chi connectivity index (χ2n) is 6.41. The van der Waals surface area contributed by atoms with Crippen LogP contribution in [0.1, 0.15) is 39.5 Å². The summed E-state index contributed by atoms with van der Waals surface area (Å²) in [6, 6.07) is 0. The number of halogens is 2. The number of benzene rings is 1. The smallest absolute Gasteiger partial charge is 0.339 e. The second-order valence-corrected chi connectivity index (χ2v) is 12.1. The molecule has 0 N–H and O–H groups in total. The molecule has 0 fully saturated rings. The summed E-state index contributed by atoms with van der Waals surface area (Å²) < 4.78 is 59.7. The minimum absolute atomic E-state index is 0.117. The Balaban J connectivity index is 2.01. The number of oxazole rings is 2. The molecule has 10 nitrogen and oxygen atoms in total. The van der Waals surface area contributed by atoms with Gasteiger partial charge in [0, 0.05) is 0 Å².